The number of esters is 1. The Kier molecular flexibility index (Phi) is 5.98. The SMILES string of the molecule is Cc1ccc(NC(=O)COC(=O)CCc2c(C)noc2C)c(Cl)c1. The molecule has 0 radical (unpaired) electrons. The molecule has 1 amide bonds. The molecule has 7 heteroatoms. The number of aromatic nitrogens is 1. The summed E-state index contributed by atoms with van der Waals surface area (Å²) in [5.41, 5.74) is 3.12. The average molecular weight is 351 g/mol. The quantitative estimate of drug-likeness (QED) is 0.808. The summed E-state index contributed by atoms with van der Waals surface area (Å²) in [7, 11) is 0. The van der Waals surface area contributed by atoms with Crippen LogP contribution in [0, 0.1) is 20.8 Å². The first-order valence-electron chi connectivity index (χ1n) is 7.50. The van der Waals surface area contributed by atoms with Crippen molar-refractivity contribution in [2.45, 2.75) is 33.6 Å². The van der Waals surface area contributed by atoms with E-state index in [9.17, 15) is 9.59 Å². The summed E-state index contributed by atoms with van der Waals surface area (Å²) in [5.74, 6) is -0.210. The van der Waals surface area contributed by atoms with Crippen molar-refractivity contribution in [3.63, 3.8) is 0 Å². The Labute approximate surface area is 145 Å². The molecule has 128 valence electrons. The summed E-state index contributed by atoms with van der Waals surface area (Å²) in [6, 6.07) is 5.28. The topological polar surface area (TPSA) is 81.4 Å². The van der Waals surface area contributed by atoms with Gasteiger partial charge in [0.25, 0.3) is 5.91 Å². The smallest absolute Gasteiger partial charge is 0.306 e. The predicted molar refractivity (Wildman–Crippen MR) is 90.1 cm³/mol. The number of carbonyl (C=O) groups excluding carboxylic acids is 2. The van der Waals surface area contributed by atoms with Crippen LogP contribution in [0.5, 0.6) is 0 Å². The van der Waals surface area contributed by atoms with Crippen molar-refractivity contribution in [2.24, 2.45) is 0 Å². The van der Waals surface area contributed by atoms with Gasteiger partial charge in [0.15, 0.2) is 6.61 Å². The summed E-state index contributed by atoms with van der Waals surface area (Å²) < 4.78 is 10.0. The first kappa shape index (κ1) is 18.0. The standard InChI is InChI=1S/C17H19ClN2O4/c1-10-4-6-15(14(18)8-10)19-16(21)9-23-17(22)7-5-13-11(2)20-24-12(13)3/h4,6,8H,5,7,9H2,1-3H3,(H,19,21). The number of halogens is 1. The van der Waals surface area contributed by atoms with Gasteiger partial charge >= 0.3 is 5.97 Å². The van der Waals surface area contributed by atoms with E-state index in [0.717, 1.165) is 16.8 Å². The maximum Gasteiger partial charge on any atom is 0.306 e. The lowest BCUT2D eigenvalue weighted by Gasteiger charge is -2.08. The lowest BCUT2D eigenvalue weighted by Crippen LogP contribution is -2.21. The van der Waals surface area contributed by atoms with E-state index in [1.54, 1.807) is 19.1 Å². The largest absolute Gasteiger partial charge is 0.456 e. The van der Waals surface area contributed by atoms with Gasteiger partial charge in [0, 0.05) is 12.0 Å². The van der Waals surface area contributed by atoms with E-state index in [4.69, 9.17) is 20.9 Å². The number of rotatable bonds is 6. The Balaban J connectivity index is 1.78. The molecule has 6 nitrogen and oxygen atoms in total. The Hall–Kier alpha value is -2.34. The number of aryl methyl sites for hydroxylation is 3. The van der Waals surface area contributed by atoms with Gasteiger partial charge in [-0.15, -0.1) is 0 Å². The van der Waals surface area contributed by atoms with E-state index >= 15 is 0 Å². The van der Waals surface area contributed by atoms with Crippen LogP contribution in [-0.4, -0.2) is 23.6 Å². The Morgan fingerprint density at radius 2 is 2.04 bits per heavy atom. The van der Waals surface area contributed by atoms with Crippen LogP contribution in [0.1, 0.15) is 29.0 Å². The van der Waals surface area contributed by atoms with Crippen LogP contribution in [0.25, 0.3) is 0 Å². The minimum Gasteiger partial charge on any atom is -0.456 e. The van der Waals surface area contributed by atoms with E-state index in [1.807, 2.05) is 19.9 Å². The number of anilines is 1. The maximum absolute atomic E-state index is 11.8. The Bertz CT molecular complexity index is 736. The summed E-state index contributed by atoms with van der Waals surface area (Å²) >= 11 is 6.04. The molecule has 1 heterocycles. The highest BCUT2D eigenvalue weighted by Gasteiger charge is 2.13. The van der Waals surface area contributed by atoms with E-state index in [-0.39, 0.29) is 13.0 Å². The van der Waals surface area contributed by atoms with Crippen molar-refractivity contribution >= 4 is 29.2 Å². The zero-order chi connectivity index (χ0) is 17.7. The van der Waals surface area contributed by atoms with Gasteiger partial charge in [-0.2, -0.15) is 0 Å². The zero-order valence-corrected chi connectivity index (χ0v) is 14.6. The molecule has 0 aliphatic heterocycles. The van der Waals surface area contributed by atoms with E-state index in [2.05, 4.69) is 10.5 Å². The predicted octanol–water partition coefficient (Wildman–Crippen LogP) is 3.37. The van der Waals surface area contributed by atoms with Gasteiger partial charge < -0.3 is 14.6 Å². The van der Waals surface area contributed by atoms with E-state index in [0.29, 0.717) is 22.9 Å². The van der Waals surface area contributed by atoms with Gasteiger partial charge in [-0.3, -0.25) is 9.59 Å². The van der Waals surface area contributed by atoms with Gasteiger partial charge in [0.05, 0.1) is 16.4 Å². The highest BCUT2D eigenvalue weighted by atomic mass is 35.5. The molecular formula is C17H19ClN2O4. The number of nitrogens with one attached hydrogen (secondary N) is 1. The number of hydrogen-bond donors (Lipinski definition) is 1. The van der Waals surface area contributed by atoms with Crippen LogP contribution in [0.3, 0.4) is 0 Å². The Morgan fingerprint density at radius 1 is 1.29 bits per heavy atom. The van der Waals surface area contributed by atoms with Crippen LogP contribution < -0.4 is 5.32 Å². The summed E-state index contributed by atoms with van der Waals surface area (Å²) in [6.45, 7) is 5.15. The van der Waals surface area contributed by atoms with Crippen molar-refractivity contribution < 1.29 is 18.8 Å². The van der Waals surface area contributed by atoms with Crippen LogP contribution in [0.15, 0.2) is 22.7 Å². The molecular weight excluding hydrogens is 332 g/mol. The first-order chi connectivity index (χ1) is 11.4. The fraction of sp³-hybridized carbons (Fsp3) is 0.353. The number of carbonyl (C=O) groups is 2. The zero-order valence-electron chi connectivity index (χ0n) is 13.8. The van der Waals surface area contributed by atoms with Crippen LogP contribution in [0.4, 0.5) is 5.69 Å². The van der Waals surface area contributed by atoms with Crippen molar-refractivity contribution in [1.82, 2.24) is 5.16 Å². The number of amides is 1. The second-order valence-corrected chi connectivity index (χ2v) is 5.90. The van der Waals surface area contributed by atoms with Gasteiger partial charge in [-0.25, -0.2) is 0 Å². The van der Waals surface area contributed by atoms with Crippen molar-refractivity contribution in [2.75, 3.05) is 11.9 Å². The van der Waals surface area contributed by atoms with E-state index in [1.165, 1.54) is 0 Å². The molecule has 0 atom stereocenters. The maximum atomic E-state index is 11.8. The molecule has 0 saturated carbocycles. The molecule has 24 heavy (non-hydrogen) atoms. The van der Waals surface area contributed by atoms with Crippen molar-refractivity contribution in [3.8, 4) is 0 Å². The molecule has 0 bridgehead atoms. The average Bonchev–Trinajstić information content (AvgIpc) is 2.84. The highest BCUT2D eigenvalue weighted by Crippen LogP contribution is 2.22. The fourth-order valence-corrected chi connectivity index (χ4v) is 2.49. The third kappa shape index (κ3) is 4.83. The molecule has 2 rings (SSSR count). The van der Waals surface area contributed by atoms with Crippen LogP contribution in [-0.2, 0) is 20.7 Å². The molecule has 2 aromatic rings. The molecule has 1 aromatic heterocycles. The molecule has 0 unspecified atom stereocenters. The number of ether oxygens (including phenoxy) is 1. The van der Waals surface area contributed by atoms with Crippen LogP contribution in [0.2, 0.25) is 5.02 Å². The van der Waals surface area contributed by atoms with E-state index < -0.39 is 11.9 Å². The molecule has 0 saturated heterocycles. The first-order valence-corrected chi connectivity index (χ1v) is 7.88. The lowest BCUT2D eigenvalue weighted by molar-refractivity contribution is -0.147. The third-order valence-electron chi connectivity index (χ3n) is 3.52. The number of nitrogens with zero attached hydrogens (tertiary/aromatic N) is 1. The molecule has 0 fully saturated rings. The minimum atomic E-state index is -0.458. The molecule has 0 aliphatic rings. The minimum absolute atomic E-state index is 0.154. The Morgan fingerprint density at radius 3 is 2.67 bits per heavy atom. The van der Waals surface area contributed by atoms with Crippen molar-refractivity contribution in [1.29, 1.82) is 0 Å². The van der Waals surface area contributed by atoms with Crippen LogP contribution >= 0.6 is 11.6 Å². The normalized spacial score (nSPS) is 10.5. The number of benzene rings is 1. The summed E-state index contributed by atoms with van der Waals surface area (Å²) in [4.78, 5) is 23.6. The second kappa shape index (κ2) is 7.97. The third-order valence-corrected chi connectivity index (χ3v) is 3.84. The monoisotopic (exact) mass is 350 g/mol. The second-order valence-electron chi connectivity index (χ2n) is 5.49. The summed E-state index contributed by atoms with van der Waals surface area (Å²) in [6.07, 6.45) is 0.618. The molecule has 1 aromatic carbocycles. The fourth-order valence-electron chi connectivity index (χ4n) is 2.21. The van der Waals surface area contributed by atoms with Gasteiger partial charge in [-0.05, 0) is 44.9 Å². The summed E-state index contributed by atoms with van der Waals surface area (Å²) in [5, 5.41) is 6.87. The molecule has 0 aliphatic carbocycles. The van der Waals surface area contributed by atoms with Crippen molar-refractivity contribution in [3.05, 3.63) is 45.8 Å². The molecule has 0 spiro atoms. The van der Waals surface area contributed by atoms with Gasteiger partial charge in [0.1, 0.15) is 5.76 Å². The molecule has 1 N–H and O–H groups in total. The number of hydrogen-bond acceptors (Lipinski definition) is 5. The van der Waals surface area contributed by atoms with Gasteiger partial charge in [-0.1, -0.05) is 22.8 Å². The highest BCUT2D eigenvalue weighted by molar-refractivity contribution is 6.33. The van der Waals surface area contributed by atoms with Gasteiger partial charge in [0.2, 0.25) is 0 Å². The lowest BCUT2D eigenvalue weighted by atomic mass is 10.1.